The molecule has 1 heterocycles. The Balaban J connectivity index is 2.38. The van der Waals surface area contributed by atoms with Gasteiger partial charge < -0.3 is 5.11 Å². The van der Waals surface area contributed by atoms with Crippen molar-refractivity contribution in [3.8, 4) is 6.07 Å². The van der Waals surface area contributed by atoms with Gasteiger partial charge in [-0.1, -0.05) is 0 Å². The van der Waals surface area contributed by atoms with Crippen molar-refractivity contribution < 1.29 is 13.9 Å². The molecule has 0 aliphatic carbocycles. The van der Waals surface area contributed by atoms with Crippen molar-refractivity contribution in [3.05, 3.63) is 0 Å². The maximum absolute atomic E-state index is 12.8. The lowest BCUT2D eigenvalue weighted by atomic mass is 10.0. The molecule has 0 bridgehead atoms. The van der Waals surface area contributed by atoms with Crippen molar-refractivity contribution in [3.63, 3.8) is 0 Å². The standard InChI is InChI=1S/C8H12F2N2O/c9-8(10)2-5-12(4-1-3-11)6-7(8)13/h7,13H,1-2,4-6H2. The average molecular weight is 190 g/mol. The molecule has 1 aliphatic rings. The monoisotopic (exact) mass is 190 g/mol. The van der Waals surface area contributed by atoms with Crippen molar-refractivity contribution >= 4 is 0 Å². The topological polar surface area (TPSA) is 47.3 Å². The first-order valence-electron chi connectivity index (χ1n) is 4.21. The largest absolute Gasteiger partial charge is 0.386 e. The van der Waals surface area contributed by atoms with E-state index < -0.39 is 12.0 Å². The number of nitrogens with zero attached hydrogens (tertiary/aromatic N) is 2. The third-order valence-corrected chi connectivity index (χ3v) is 2.22. The minimum absolute atomic E-state index is 0.0331. The van der Waals surface area contributed by atoms with E-state index in [0.29, 0.717) is 13.0 Å². The summed E-state index contributed by atoms with van der Waals surface area (Å²) in [6.07, 6.45) is -1.59. The molecule has 1 saturated heterocycles. The predicted molar refractivity (Wildman–Crippen MR) is 42.2 cm³/mol. The van der Waals surface area contributed by atoms with Crippen LogP contribution in [-0.4, -0.2) is 41.7 Å². The van der Waals surface area contributed by atoms with Crippen molar-refractivity contribution in [2.24, 2.45) is 0 Å². The van der Waals surface area contributed by atoms with Crippen molar-refractivity contribution in [1.82, 2.24) is 4.90 Å². The van der Waals surface area contributed by atoms with Gasteiger partial charge in [-0.05, 0) is 0 Å². The summed E-state index contributed by atoms with van der Waals surface area (Å²) in [5.41, 5.74) is 0. The summed E-state index contributed by atoms with van der Waals surface area (Å²) in [6.45, 7) is 0.685. The number of nitriles is 1. The Morgan fingerprint density at radius 3 is 2.85 bits per heavy atom. The first-order chi connectivity index (χ1) is 6.06. The minimum atomic E-state index is -2.96. The molecule has 0 radical (unpaired) electrons. The molecule has 0 aromatic carbocycles. The predicted octanol–water partition coefficient (Wildman–Crippen LogP) is 0.602. The van der Waals surface area contributed by atoms with Crippen molar-refractivity contribution in [2.45, 2.75) is 24.9 Å². The van der Waals surface area contributed by atoms with Crippen LogP contribution in [0.3, 0.4) is 0 Å². The molecule has 13 heavy (non-hydrogen) atoms. The molecule has 5 heteroatoms. The summed E-state index contributed by atoms with van der Waals surface area (Å²) in [5, 5.41) is 17.3. The Morgan fingerprint density at radius 1 is 1.62 bits per heavy atom. The summed E-state index contributed by atoms with van der Waals surface area (Å²) in [7, 11) is 0. The summed E-state index contributed by atoms with van der Waals surface area (Å²) >= 11 is 0. The maximum atomic E-state index is 12.8. The second-order valence-electron chi connectivity index (χ2n) is 3.24. The van der Waals surface area contributed by atoms with Crippen LogP contribution >= 0.6 is 0 Å². The second-order valence-corrected chi connectivity index (χ2v) is 3.24. The Morgan fingerprint density at radius 2 is 2.31 bits per heavy atom. The highest BCUT2D eigenvalue weighted by molar-refractivity contribution is 4.87. The molecule has 1 rings (SSSR count). The molecule has 0 saturated carbocycles. The zero-order valence-electron chi connectivity index (χ0n) is 7.21. The van der Waals surface area contributed by atoms with Gasteiger partial charge in [0.15, 0.2) is 0 Å². The molecule has 0 amide bonds. The van der Waals surface area contributed by atoms with Gasteiger partial charge in [0.25, 0.3) is 5.92 Å². The Kier molecular flexibility index (Phi) is 3.17. The minimum Gasteiger partial charge on any atom is -0.386 e. The SMILES string of the molecule is N#CCCN1CCC(F)(F)C(O)C1. The average Bonchev–Trinajstić information content (AvgIpc) is 2.07. The summed E-state index contributed by atoms with van der Waals surface area (Å²) in [4.78, 5) is 1.69. The van der Waals surface area contributed by atoms with Gasteiger partial charge in [-0.2, -0.15) is 5.26 Å². The van der Waals surface area contributed by atoms with Gasteiger partial charge in [0.1, 0.15) is 6.10 Å². The first-order valence-corrected chi connectivity index (χ1v) is 4.21. The molecule has 0 aromatic rings. The number of rotatable bonds is 2. The quantitative estimate of drug-likeness (QED) is 0.693. The van der Waals surface area contributed by atoms with Gasteiger partial charge in [0.05, 0.1) is 6.07 Å². The summed E-state index contributed by atoms with van der Waals surface area (Å²) < 4.78 is 25.5. The molecule has 1 atom stereocenters. The van der Waals surface area contributed by atoms with Crippen LogP contribution in [0.1, 0.15) is 12.8 Å². The summed E-state index contributed by atoms with van der Waals surface area (Å²) in [5.74, 6) is -2.96. The van der Waals surface area contributed by atoms with E-state index in [1.807, 2.05) is 6.07 Å². The molecule has 0 spiro atoms. The van der Waals surface area contributed by atoms with Gasteiger partial charge in [-0.15, -0.1) is 0 Å². The zero-order chi connectivity index (χ0) is 9.90. The number of aliphatic hydroxyl groups excluding tert-OH is 1. The van der Waals surface area contributed by atoms with Crippen molar-refractivity contribution in [1.29, 1.82) is 5.26 Å². The number of hydrogen-bond acceptors (Lipinski definition) is 3. The van der Waals surface area contributed by atoms with Crippen LogP contribution in [0, 0.1) is 11.3 Å². The van der Waals surface area contributed by atoms with Crippen molar-refractivity contribution in [2.75, 3.05) is 19.6 Å². The molecule has 0 aromatic heterocycles. The number of aliphatic hydroxyl groups is 1. The van der Waals surface area contributed by atoms with Gasteiger partial charge in [0, 0.05) is 32.5 Å². The molecular weight excluding hydrogens is 178 g/mol. The molecule has 1 fully saturated rings. The smallest absolute Gasteiger partial charge is 0.275 e. The normalized spacial score (nSPS) is 28.3. The number of hydrogen-bond donors (Lipinski definition) is 1. The Hall–Kier alpha value is -0.730. The van der Waals surface area contributed by atoms with Crippen LogP contribution in [0.15, 0.2) is 0 Å². The number of piperidine rings is 1. The second kappa shape index (κ2) is 3.99. The van der Waals surface area contributed by atoms with Gasteiger partial charge >= 0.3 is 0 Å². The van der Waals surface area contributed by atoms with Crippen LogP contribution in [-0.2, 0) is 0 Å². The van der Waals surface area contributed by atoms with Gasteiger partial charge in [-0.25, -0.2) is 8.78 Å². The number of likely N-dealkylation sites (tertiary alicyclic amines) is 1. The lowest BCUT2D eigenvalue weighted by molar-refractivity contribution is -0.147. The van der Waals surface area contributed by atoms with Gasteiger partial charge in [0.2, 0.25) is 0 Å². The highest BCUT2D eigenvalue weighted by Gasteiger charge is 2.42. The van der Waals surface area contributed by atoms with Gasteiger partial charge in [-0.3, -0.25) is 4.90 Å². The molecule has 74 valence electrons. The fraction of sp³-hybridized carbons (Fsp3) is 0.875. The number of β-amino-alcohol motifs (C(OH)–C–C–N with tert-alkyl or cyclic N) is 1. The van der Waals surface area contributed by atoms with E-state index in [1.165, 1.54) is 0 Å². The van der Waals surface area contributed by atoms with E-state index in [1.54, 1.807) is 4.90 Å². The van der Waals surface area contributed by atoms with Crippen LogP contribution < -0.4 is 0 Å². The number of alkyl halides is 2. The highest BCUT2D eigenvalue weighted by atomic mass is 19.3. The fourth-order valence-corrected chi connectivity index (χ4v) is 1.35. The van der Waals surface area contributed by atoms with Crippen LogP contribution in [0.2, 0.25) is 0 Å². The first kappa shape index (κ1) is 10.4. The molecular formula is C8H12F2N2O. The molecule has 3 nitrogen and oxygen atoms in total. The number of halogens is 2. The van der Waals surface area contributed by atoms with Crippen LogP contribution in [0.4, 0.5) is 8.78 Å². The van der Waals surface area contributed by atoms with E-state index in [2.05, 4.69) is 0 Å². The van der Waals surface area contributed by atoms with E-state index in [0.717, 1.165) is 0 Å². The third-order valence-electron chi connectivity index (χ3n) is 2.22. The Bertz CT molecular complexity index is 215. The zero-order valence-corrected chi connectivity index (χ0v) is 7.21. The van der Waals surface area contributed by atoms with E-state index in [4.69, 9.17) is 10.4 Å². The lowest BCUT2D eigenvalue weighted by Crippen LogP contribution is -2.50. The van der Waals surface area contributed by atoms with E-state index in [-0.39, 0.29) is 19.5 Å². The maximum Gasteiger partial charge on any atom is 0.275 e. The molecule has 1 N–H and O–H groups in total. The van der Waals surface area contributed by atoms with E-state index in [9.17, 15) is 8.78 Å². The fourth-order valence-electron chi connectivity index (χ4n) is 1.35. The third kappa shape index (κ3) is 2.61. The Labute approximate surface area is 75.6 Å². The summed E-state index contributed by atoms with van der Waals surface area (Å²) in [6, 6.07) is 1.94. The molecule has 1 unspecified atom stereocenters. The van der Waals surface area contributed by atoms with Crippen LogP contribution in [0.25, 0.3) is 0 Å². The van der Waals surface area contributed by atoms with E-state index >= 15 is 0 Å². The molecule has 1 aliphatic heterocycles. The lowest BCUT2D eigenvalue weighted by Gasteiger charge is -2.35. The highest BCUT2D eigenvalue weighted by Crippen LogP contribution is 2.28. The van der Waals surface area contributed by atoms with Crippen LogP contribution in [0.5, 0.6) is 0 Å².